The zero-order chi connectivity index (χ0) is 17.1. The van der Waals surface area contributed by atoms with Gasteiger partial charge in [-0.15, -0.1) is 0 Å². The van der Waals surface area contributed by atoms with Gasteiger partial charge < -0.3 is 5.32 Å². The van der Waals surface area contributed by atoms with Crippen molar-refractivity contribution in [1.29, 1.82) is 0 Å². The van der Waals surface area contributed by atoms with Gasteiger partial charge in [-0.3, -0.25) is 4.79 Å². The Morgan fingerprint density at radius 2 is 2.12 bits per heavy atom. The van der Waals surface area contributed by atoms with Crippen molar-refractivity contribution in [2.75, 3.05) is 11.1 Å². The Kier molecular flexibility index (Phi) is 4.80. The van der Waals surface area contributed by atoms with Crippen molar-refractivity contribution in [3.8, 4) is 0 Å². The number of thioether (sulfide) groups is 1. The topological polar surface area (TPSA) is 80.9 Å². The SMILES string of the molecule is CCc1cc2cccc(C)c2nc1SCC(=O)Nc1nonc1C. The summed E-state index contributed by atoms with van der Waals surface area (Å²) in [6.07, 6.45) is 0.868. The Hall–Kier alpha value is -2.41. The van der Waals surface area contributed by atoms with E-state index >= 15 is 0 Å². The summed E-state index contributed by atoms with van der Waals surface area (Å²) in [6, 6.07) is 8.30. The summed E-state index contributed by atoms with van der Waals surface area (Å²) < 4.78 is 4.57. The second kappa shape index (κ2) is 7.00. The smallest absolute Gasteiger partial charge is 0.236 e. The standard InChI is InChI=1S/C17H18N4O2S/c1-4-12-8-13-7-5-6-10(2)15(13)19-17(12)24-9-14(22)18-16-11(3)20-23-21-16/h5-8H,4,9H2,1-3H3,(H,18,21,22). The summed E-state index contributed by atoms with van der Waals surface area (Å²) in [4.78, 5) is 16.9. The normalized spacial score (nSPS) is 11.0. The number of benzene rings is 1. The number of fused-ring (bicyclic) bond motifs is 1. The van der Waals surface area contributed by atoms with Crippen molar-refractivity contribution in [2.45, 2.75) is 32.2 Å². The third kappa shape index (κ3) is 3.41. The minimum absolute atomic E-state index is 0.160. The van der Waals surface area contributed by atoms with Gasteiger partial charge in [-0.1, -0.05) is 42.0 Å². The van der Waals surface area contributed by atoms with Crippen LogP contribution in [-0.4, -0.2) is 27.0 Å². The van der Waals surface area contributed by atoms with Gasteiger partial charge in [0.1, 0.15) is 10.7 Å². The van der Waals surface area contributed by atoms with E-state index in [1.807, 2.05) is 19.1 Å². The van der Waals surface area contributed by atoms with Crippen molar-refractivity contribution in [2.24, 2.45) is 0 Å². The highest BCUT2D eigenvalue weighted by Crippen LogP contribution is 2.27. The van der Waals surface area contributed by atoms with E-state index in [0.717, 1.165) is 33.5 Å². The number of amides is 1. The molecule has 6 nitrogen and oxygen atoms in total. The number of pyridine rings is 1. The van der Waals surface area contributed by atoms with Gasteiger partial charge in [-0.05, 0) is 42.6 Å². The molecule has 2 heterocycles. The van der Waals surface area contributed by atoms with Gasteiger partial charge in [0.15, 0.2) is 5.82 Å². The van der Waals surface area contributed by atoms with Gasteiger partial charge >= 0.3 is 0 Å². The van der Waals surface area contributed by atoms with Gasteiger partial charge in [0.25, 0.3) is 0 Å². The first-order chi connectivity index (χ1) is 11.6. The largest absolute Gasteiger partial charge is 0.306 e. The second-order valence-corrected chi connectivity index (χ2v) is 6.45. The number of hydrogen-bond acceptors (Lipinski definition) is 6. The van der Waals surface area contributed by atoms with Gasteiger partial charge in [0, 0.05) is 5.39 Å². The van der Waals surface area contributed by atoms with Crippen molar-refractivity contribution < 1.29 is 9.42 Å². The Labute approximate surface area is 144 Å². The molecule has 0 bridgehead atoms. The quantitative estimate of drug-likeness (QED) is 0.715. The van der Waals surface area contributed by atoms with Crippen LogP contribution in [0, 0.1) is 13.8 Å². The Morgan fingerprint density at radius 3 is 2.83 bits per heavy atom. The number of rotatable bonds is 5. The molecule has 1 N–H and O–H groups in total. The van der Waals surface area contributed by atoms with E-state index in [-0.39, 0.29) is 11.7 Å². The maximum absolute atomic E-state index is 12.1. The zero-order valence-corrected chi connectivity index (χ0v) is 14.6. The van der Waals surface area contributed by atoms with Crippen LogP contribution in [0.2, 0.25) is 0 Å². The predicted octanol–water partition coefficient (Wildman–Crippen LogP) is 3.53. The lowest BCUT2D eigenvalue weighted by Crippen LogP contribution is -2.15. The fourth-order valence-electron chi connectivity index (χ4n) is 2.40. The zero-order valence-electron chi connectivity index (χ0n) is 13.8. The molecule has 7 heteroatoms. The summed E-state index contributed by atoms with van der Waals surface area (Å²) in [6.45, 7) is 5.86. The molecule has 24 heavy (non-hydrogen) atoms. The van der Waals surface area contributed by atoms with Gasteiger partial charge in [-0.25, -0.2) is 9.61 Å². The molecule has 0 fully saturated rings. The molecule has 1 aromatic carbocycles. The molecule has 0 radical (unpaired) electrons. The molecule has 0 aliphatic carbocycles. The first kappa shape index (κ1) is 16.4. The molecule has 2 aromatic heterocycles. The number of nitrogens with zero attached hydrogens (tertiary/aromatic N) is 3. The first-order valence-corrected chi connectivity index (χ1v) is 8.68. The van der Waals surface area contributed by atoms with Gasteiger partial charge in [0.2, 0.25) is 5.91 Å². The number of para-hydroxylation sites is 1. The molecule has 0 aliphatic rings. The number of aryl methyl sites for hydroxylation is 3. The Bertz CT molecular complexity index is 891. The van der Waals surface area contributed by atoms with E-state index in [1.165, 1.54) is 11.8 Å². The maximum Gasteiger partial charge on any atom is 0.236 e. The lowest BCUT2D eigenvalue weighted by molar-refractivity contribution is -0.113. The second-order valence-electron chi connectivity index (χ2n) is 5.49. The Morgan fingerprint density at radius 1 is 1.29 bits per heavy atom. The number of hydrogen-bond donors (Lipinski definition) is 1. The highest BCUT2D eigenvalue weighted by Gasteiger charge is 2.13. The molecule has 3 aromatic rings. The van der Waals surface area contributed by atoms with Crippen LogP contribution in [0.5, 0.6) is 0 Å². The van der Waals surface area contributed by atoms with E-state index in [2.05, 4.69) is 39.3 Å². The van der Waals surface area contributed by atoms with Crippen LogP contribution in [-0.2, 0) is 11.2 Å². The number of anilines is 1. The molecule has 0 saturated heterocycles. The highest BCUT2D eigenvalue weighted by molar-refractivity contribution is 8.00. The summed E-state index contributed by atoms with van der Waals surface area (Å²) >= 11 is 1.43. The summed E-state index contributed by atoms with van der Waals surface area (Å²) in [5.41, 5.74) is 3.81. The van der Waals surface area contributed by atoms with Crippen LogP contribution >= 0.6 is 11.8 Å². The molecular formula is C17H18N4O2S. The maximum atomic E-state index is 12.1. The van der Waals surface area contributed by atoms with Crippen LogP contribution in [0.1, 0.15) is 23.7 Å². The monoisotopic (exact) mass is 342 g/mol. The van der Waals surface area contributed by atoms with Gasteiger partial charge in [0.05, 0.1) is 11.3 Å². The molecule has 124 valence electrons. The third-order valence-electron chi connectivity index (χ3n) is 3.72. The predicted molar refractivity (Wildman–Crippen MR) is 94.2 cm³/mol. The van der Waals surface area contributed by atoms with Crippen LogP contribution in [0.3, 0.4) is 0 Å². The van der Waals surface area contributed by atoms with Crippen molar-refractivity contribution >= 4 is 34.4 Å². The van der Waals surface area contributed by atoms with E-state index < -0.39 is 0 Å². The number of carbonyl (C=O) groups excluding carboxylic acids is 1. The molecule has 0 aliphatic heterocycles. The minimum Gasteiger partial charge on any atom is -0.306 e. The number of aromatic nitrogens is 3. The molecular weight excluding hydrogens is 324 g/mol. The van der Waals surface area contributed by atoms with Crippen molar-refractivity contribution in [3.05, 3.63) is 41.1 Å². The lowest BCUT2D eigenvalue weighted by Gasteiger charge is -2.10. The third-order valence-corrected chi connectivity index (χ3v) is 4.75. The van der Waals surface area contributed by atoms with Gasteiger partial charge in [-0.2, -0.15) is 0 Å². The highest BCUT2D eigenvalue weighted by atomic mass is 32.2. The van der Waals surface area contributed by atoms with Crippen molar-refractivity contribution in [1.82, 2.24) is 15.3 Å². The molecule has 1 amide bonds. The van der Waals surface area contributed by atoms with Crippen LogP contribution in [0.4, 0.5) is 5.82 Å². The fraction of sp³-hybridized carbons (Fsp3) is 0.294. The van der Waals surface area contributed by atoms with Crippen molar-refractivity contribution in [3.63, 3.8) is 0 Å². The van der Waals surface area contributed by atoms with E-state index in [1.54, 1.807) is 6.92 Å². The first-order valence-electron chi connectivity index (χ1n) is 7.69. The summed E-state index contributed by atoms with van der Waals surface area (Å²) in [7, 11) is 0. The summed E-state index contributed by atoms with van der Waals surface area (Å²) in [5.74, 6) is 0.454. The molecule has 0 saturated carbocycles. The molecule has 0 spiro atoms. The molecule has 0 atom stereocenters. The van der Waals surface area contributed by atoms with Crippen LogP contribution in [0.15, 0.2) is 33.9 Å². The van der Waals surface area contributed by atoms with E-state index in [9.17, 15) is 4.79 Å². The molecule has 3 rings (SSSR count). The van der Waals surface area contributed by atoms with E-state index in [0.29, 0.717) is 11.5 Å². The minimum atomic E-state index is -0.160. The number of nitrogens with one attached hydrogen (secondary N) is 1. The fourth-order valence-corrected chi connectivity index (χ4v) is 3.28. The number of carbonyl (C=O) groups is 1. The van der Waals surface area contributed by atoms with Crippen LogP contribution < -0.4 is 5.32 Å². The van der Waals surface area contributed by atoms with Crippen LogP contribution in [0.25, 0.3) is 10.9 Å². The summed E-state index contributed by atoms with van der Waals surface area (Å²) in [5, 5.41) is 12.0. The lowest BCUT2D eigenvalue weighted by atomic mass is 10.1. The molecule has 0 unspecified atom stereocenters. The average Bonchev–Trinajstić information content (AvgIpc) is 2.97. The average molecular weight is 342 g/mol. The van der Waals surface area contributed by atoms with E-state index in [4.69, 9.17) is 4.98 Å². The Balaban J connectivity index is 1.78.